The summed E-state index contributed by atoms with van der Waals surface area (Å²) in [4.78, 5) is 13.6. The van der Waals surface area contributed by atoms with Crippen molar-refractivity contribution in [3.63, 3.8) is 0 Å². The van der Waals surface area contributed by atoms with Gasteiger partial charge in [-0.05, 0) is 30.5 Å². The van der Waals surface area contributed by atoms with Crippen LogP contribution in [0.5, 0.6) is 5.75 Å². The number of hydrogen-bond acceptors (Lipinski definition) is 7. The fourth-order valence-corrected chi connectivity index (χ4v) is 3.53. The van der Waals surface area contributed by atoms with Crippen molar-refractivity contribution in [1.29, 1.82) is 0 Å². The quantitative estimate of drug-likeness (QED) is 0.764. The van der Waals surface area contributed by atoms with Crippen LogP contribution in [-0.2, 0) is 6.54 Å². The number of piperazine rings is 1. The molecule has 2 aliphatic rings. The van der Waals surface area contributed by atoms with E-state index in [1.165, 1.54) is 5.56 Å². The Morgan fingerprint density at radius 2 is 1.77 bits per heavy atom. The number of hydrogen-bond donors (Lipinski definition) is 1. The third kappa shape index (κ3) is 2.86. The first-order chi connectivity index (χ1) is 12.8. The normalized spacial score (nSPS) is 18.5. The zero-order valence-electron chi connectivity index (χ0n) is 14.5. The number of nitrogens with zero attached hydrogens (tertiary/aromatic N) is 7. The van der Waals surface area contributed by atoms with Crippen LogP contribution in [-0.4, -0.2) is 61.1 Å². The van der Waals surface area contributed by atoms with Gasteiger partial charge in [-0.2, -0.15) is 0 Å². The van der Waals surface area contributed by atoms with Crippen LogP contribution in [0, 0.1) is 0 Å². The van der Waals surface area contributed by atoms with E-state index in [-0.39, 0.29) is 0 Å². The first-order valence-corrected chi connectivity index (χ1v) is 9.09. The second kappa shape index (κ2) is 6.21. The summed E-state index contributed by atoms with van der Waals surface area (Å²) in [5.74, 6) is 1.21. The Labute approximate surface area is 151 Å². The minimum Gasteiger partial charge on any atom is -0.508 e. The van der Waals surface area contributed by atoms with Gasteiger partial charge in [-0.3, -0.25) is 4.90 Å². The number of fused-ring (bicyclic) bond motifs is 1. The number of benzene rings is 1. The SMILES string of the molecule is Oc1ccc(CN2CCN(c3ncnc4c3nnn4C3CC3)CC2)cc1. The maximum absolute atomic E-state index is 9.40. The van der Waals surface area contributed by atoms with Gasteiger partial charge in [0.05, 0.1) is 6.04 Å². The van der Waals surface area contributed by atoms with Gasteiger partial charge in [0.25, 0.3) is 0 Å². The first kappa shape index (κ1) is 15.5. The lowest BCUT2D eigenvalue weighted by atomic mass is 10.2. The smallest absolute Gasteiger partial charge is 0.184 e. The molecule has 0 spiro atoms. The molecule has 134 valence electrons. The van der Waals surface area contributed by atoms with Crippen LogP contribution in [0.4, 0.5) is 5.82 Å². The van der Waals surface area contributed by atoms with Gasteiger partial charge in [0, 0.05) is 32.7 Å². The average Bonchev–Trinajstić information content (AvgIpc) is 3.42. The molecule has 0 amide bonds. The molecule has 2 fully saturated rings. The Morgan fingerprint density at radius 1 is 1.00 bits per heavy atom. The zero-order valence-corrected chi connectivity index (χ0v) is 14.5. The predicted molar refractivity (Wildman–Crippen MR) is 97.0 cm³/mol. The third-order valence-corrected chi connectivity index (χ3v) is 5.15. The fraction of sp³-hybridized carbons (Fsp3) is 0.444. The molecule has 0 radical (unpaired) electrons. The fourth-order valence-electron chi connectivity index (χ4n) is 3.53. The topological polar surface area (TPSA) is 83.2 Å². The Bertz CT molecular complexity index is 911. The number of aromatic hydroxyl groups is 1. The van der Waals surface area contributed by atoms with Crippen molar-refractivity contribution in [2.24, 2.45) is 0 Å². The van der Waals surface area contributed by atoms with E-state index in [2.05, 4.69) is 30.1 Å². The summed E-state index contributed by atoms with van der Waals surface area (Å²) < 4.78 is 1.95. The van der Waals surface area contributed by atoms with Crippen molar-refractivity contribution in [2.75, 3.05) is 31.1 Å². The standard InChI is InChI=1S/C18H21N7O/c26-15-5-1-13(2-6-15)11-23-7-9-24(10-8-23)17-16-18(20-12-19-17)25(22-21-16)14-3-4-14/h1-2,5-6,12,14,26H,3-4,7-11H2. The molecule has 1 N–H and O–H groups in total. The van der Waals surface area contributed by atoms with Gasteiger partial charge in [0.1, 0.15) is 12.1 Å². The van der Waals surface area contributed by atoms with Crippen molar-refractivity contribution < 1.29 is 5.11 Å². The van der Waals surface area contributed by atoms with E-state index in [0.717, 1.165) is 62.5 Å². The molecule has 1 aliphatic heterocycles. The van der Waals surface area contributed by atoms with Gasteiger partial charge < -0.3 is 10.0 Å². The van der Waals surface area contributed by atoms with Crippen molar-refractivity contribution >= 4 is 17.0 Å². The largest absolute Gasteiger partial charge is 0.508 e. The molecule has 1 aliphatic carbocycles. The summed E-state index contributed by atoms with van der Waals surface area (Å²) in [6.45, 7) is 4.62. The summed E-state index contributed by atoms with van der Waals surface area (Å²) in [6.07, 6.45) is 3.95. The van der Waals surface area contributed by atoms with Crippen LogP contribution in [0.1, 0.15) is 24.4 Å². The van der Waals surface area contributed by atoms with Crippen molar-refractivity contribution in [3.05, 3.63) is 36.2 Å². The van der Waals surface area contributed by atoms with Gasteiger partial charge in [-0.25, -0.2) is 14.6 Å². The van der Waals surface area contributed by atoms with Crippen LogP contribution in [0.3, 0.4) is 0 Å². The van der Waals surface area contributed by atoms with Crippen LogP contribution in [0.25, 0.3) is 11.2 Å². The molecular formula is C18H21N7O. The Kier molecular flexibility index (Phi) is 3.70. The van der Waals surface area contributed by atoms with Gasteiger partial charge in [-0.1, -0.05) is 17.3 Å². The minimum atomic E-state index is 0.311. The molecule has 3 aromatic rings. The van der Waals surface area contributed by atoms with E-state index in [0.29, 0.717) is 11.8 Å². The summed E-state index contributed by atoms with van der Waals surface area (Å²) >= 11 is 0. The van der Waals surface area contributed by atoms with Crippen molar-refractivity contribution in [3.8, 4) is 5.75 Å². The lowest BCUT2D eigenvalue weighted by molar-refractivity contribution is 0.249. The van der Waals surface area contributed by atoms with Gasteiger partial charge in [0.2, 0.25) is 0 Å². The molecule has 5 rings (SSSR count). The Hall–Kier alpha value is -2.74. The van der Waals surface area contributed by atoms with E-state index >= 15 is 0 Å². The molecule has 0 bridgehead atoms. The molecule has 0 atom stereocenters. The van der Waals surface area contributed by atoms with Crippen LogP contribution < -0.4 is 4.90 Å². The van der Waals surface area contributed by atoms with Gasteiger partial charge in [-0.15, -0.1) is 5.10 Å². The molecule has 2 aromatic heterocycles. The van der Waals surface area contributed by atoms with E-state index in [9.17, 15) is 5.11 Å². The molecule has 1 saturated heterocycles. The monoisotopic (exact) mass is 351 g/mol. The van der Waals surface area contributed by atoms with Crippen molar-refractivity contribution in [1.82, 2.24) is 29.9 Å². The molecule has 8 heteroatoms. The highest BCUT2D eigenvalue weighted by atomic mass is 16.3. The van der Waals surface area contributed by atoms with E-state index in [1.54, 1.807) is 18.5 Å². The van der Waals surface area contributed by atoms with Crippen LogP contribution in [0.2, 0.25) is 0 Å². The highest BCUT2D eigenvalue weighted by molar-refractivity contribution is 5.82. The number of phenolic OH excluding ortho intramolecular Hbond substituents is 1. The van der Waals surface area contributed by atoms with Crippen LogP contribution in [0.15, 0.2) is 30.6 Å². The molecule has 1 aromatic carbocycles. The number of phenols is 1. The second-order valence-corrected chi connectivity index (χ2v) is 7.06. The Balaban J connectivity index is 1.29. The number of anilines is 1. The summed E-state index contributed by atoms with van der Waals surface area (Å²) in [6, 6.07) is 7.90. The maximum Gasteiger partial charge on any atom is 0.184 e. The van der Waals surface area contributed by atoms with Gasteiger partial charge >= 0.3 is 0 Å². The Morgan fingerprint density at radius 3 is 2.50 bits per heavy atom. The summed E-state index contributed by atoms with van der Waals surface area (Å²) in [5, 5.41) is 18.1. The molecule has 26 heavy (non-hydrogen) atoms. The summed E-state index contributed by atoms with van der Waals surface area (Å²) in [5.41, 5.74) is 2.88. The van der Waals surface area contributed by atoms with Crippen molar-refractivity contribution in [2.45, 2.75) is 25.4 Å². The lowest BCUT2D eigenvalue weighted by Crippen LogP contribution is -2.46. The van der Waals surface area contributed by atoms with Crippen LogP contribution >= 0.6 is 0 Å². The molecule has 1 saturated carbocycles. The van der Waals surface area contributed by atoms with E-state index < -0.39 is 0 Å². The maximum atomic E-state index is 9.40. The zero-order chi connectivity index (χ0) is 17.5. The number of aromatic nitrogens is 5. The lowest BCUT2D eigenvalue weighted by Gasteiger charge is -2.35. The molecule has 0 unspecified atom stereocenters. The van der Waals surface area contributed by atoms with E-state index in [4.69, 9.17) is 0 Å². The predicted octanol–water partition coefficient (Wildman–Crippen LogP) is 1.58. The minimum absolute atomic E-state index is 0.311. The molecular weight excluding hydrogens is 330 g/mol. The van der Waals surface area contributed by atoms with Gasteiger partial charge in [0.15, 0.2) is 17.0 Å². The van der Waals surface area contributed by atoms with E-state index in [1.807, 2.05) is 16.8 Å². The highest BCUT2D eigenvalue weighted by Crippen LogP contribution is 2.36. The number of rotatable bonds is 4. The highest BCUT2D eigenvalue weighted by Gasteiger charge is 2.29. The third-order valence-electron chi connectivity index (χ3n) is 5.15. The average molecular weight is 351 g/mol. The molecule has 3 heterocycles. The second-order valence-electron chi connectivity index (χ2n) is 7.06. The molecule has 8 nitrogen and oxygen atoms in total. The summed E-state index contributed by atoms with van der Waals surface area (Å²) in [7, 11) is 0. The first-order valence-electron chi connectivity index (χ1n) is 9.09.